The van der Waals surface area contributed by atoms with Gasteiger partial charge in [0.05, 0.1) is 16.1 Å². The maximum Gasteiger partial charge on any atom is 0.269 e. The molecule has 5 nitrogen and oxygen atoms in total. The summed E-state index contributed by atoms with van der Waals surface area (Å²) in [6.07, 6.45) is 4.20. The smallest absolute Gasteiger partial charge is 0.269 e. The van der Waals surface area contributed by atoms with E-state index in [1.54, 1.807) is 12.1 Å². The van der Waals surface area contributed by atoms with Crippen molar-refractivity contribution < 1.29 is 4.92 Å². The molecular weight excluding hydrogens is 517 g/mol. The van der Waals surface area contributed by atoms with Gasteiger partial charge in [-0.15, -0.1) is 23.2 Å². The van der Waals surface area contributed by atoms with Crippen LogP contribution < -0.4 is 4.90 Å². The third-order valence-electron chi connectivity index (χ3n) is 6.53. The van der Waals surface area contributed by atoms with Gasteiger partial charge in [0.1, 0.15) is 0 Å². The number of hydrogen-bond donors (Lipinski definition) is 0. The normalized spacial score (nSPS) is 11.4. The first-order valence-electron chi connectivity index (χ1n) is 12.3. The van der Waals surface area contributed by atoms with Crippen LogP contribution in [0.4, 0.5) is 11.4 Å². The highest BCUT2D eigenvalue weighted by molar-refractivity contribution is 6.18. The minimum absolute atomic E-state index is 0.0553. The molecule has 5 rings (SSSR count). The second-order valence-electron chi connectivity index (χ2n) is 8.87. The summed E-state index contributed by atoms with van der Waals surface area (Å²) in [4.78, 5) is 17.8. The SMILES string of the molecule is O=[N+]([O-])c1ccc(-c2cc(/C=C/c3ccc(N(CCCl)CCCl)cc3)c3c(ccc4ccccc43)n2)cc1. The van der Waals surface area contributed by atoms with Gasteiger partial charge in [0.15, 0.2) is 0 Å². The Hall–Kier alpha value is -3.93. The Morgan fingerprint density at radius 2 is 1.55 bits per heavy atom. The number of alkyl halides is 2. The molecule has 7 heteroatoms. The van der Waals surface area contributed by atoms with E-state index >= 15 is 0 Å². The molecule has 0 aliphatic carbocycles. The van der Waals surface area contributed by atoms with Crippen LogP contribution in [0.2, 0.25) is 0 Å². The molecule has 0 radical (unpaired) electrons. The first-order valence-corrected chi connectivity index (χ1v) is 13.4. The highest BCUT2D eigenvalue weighted by Crippen LogP contribution is 2.32. The van der Waals surface area contributed by atoms with E-state index in [9.17, 15) is 10.1 Å². The van der Waals surface area contributed by atoms with Gasteiger partial charge >= 0.3 is 0 Å². The molecule has 4 aromatic carbocycles. The quantitative estimate of drug-likeness (QED) is 0.0812. The summed E-state index contributed by atoms with van der Waals surface area (Å²) in [6.45, 7) is 1.48. The van der Waals surface area contributed by atoms with E-state index in [4.69, 9.17) is 28.2 Å². The van der Waals surface area contributed by atoms with Gasteiger partial charge in [0.2, 0.25) is 0 Å². The number of hydrogen-bond acceptors (Lipinski definition) is 4. The maximum absolute atomic E-state index is 11.1. The summed E-state index contributed by atoms with van der Waals surface area (Å²) in [5.41, 5.74) is 5.68. The van der Waals surface area contributed by atoms with Crippen molar-refractivity contribution in [2.45, 2.75) is 0 Å². The van der Waals surface area contributed by atoms with E-state index < -0.39 is 4.92 Å². The predicted molar refractivity (Wildman–Crippen MR) is 160 cm³/mol. The van der Waals surface area contributed by atoms with Gasteiger partial charge in [0, 0.05) is 53.6 Å². The average Bonchev–Trinajstić information content (AvgIpc) is 2.95. The van der Waals surface area contributed by atoms with Crippen molar-refractivity contribution in [1.82, 2.24) is 4.98 Å². The zero-order valence-electron chi connectivity index (χ0n) is 20.6. The summed E-state index contributed by atoms with van der Waals surface area (Å²) < 4.78 is 0. The molecule has 0 fully saturated rings. The Balaban J connectivity index is 1.57. The lowest BCUT2D eigenvalue weighted by molar-refractivity contribution is -0.384. The lowest BCUT2D eigenvalue weighted by Gasteiger charge is -2.22. The third-order valence-corrected chi connectivity index (χ3v) is 6.86. The van der Waals surface area contributed by atoms with Crippen LogP contribution in [0.15, 0.2) is 91.0 Å². The van der Waals surface area contributed by atoms with Crippen molar-refractivity contribution in [3.8, 4) is 11.3 Å². The molecule has 38 heavy (non-hydrogen) atoms. The minimum atomic E-state index is -0.395. The first kappa shape index (κ1) is 25.7. The second kappa shape index (κ2) is 11.6. The number of nitro benzene ring substituents is 1. The monoisotopic (exact) mass is 541 g/mol. The van der Waals surface area contributed by atoms with Crippen molar-refractivity contribution >= 4 is 68.4 Å². The molecule has 0 saturated carbocycles. The number of aromatic nitrogens is 1. The van der Waals surface area contributed by atoms with Crippen LogP contribution >= 0.6 is 23.2 Å². The Labute approximate surface area is 231 Å². The largest absolute Gasteiger partial charge is 0.369 e. The minimum Gasteiger partial charge on any atom is -0.369 e. The molecule has 0 atom stereocenters. The summed E-state index contributed by atoms with van der Waals surface area (Å²) in [5.74, 6) is 1.08. The number of non-ortho nitro benzene ring substituents is 1. The standard InChI is InChI=1S/C31H25Cl2N3O2/c32-17-19-35(20-18-33)26-12-6-22(7-13-26)5-8-25-21-30(24-9-14-27(15-10-24)36(37)38)34-29-16-11-23-3-1-2-4-28(23)31(25)29/h1-16,21H,17-20H2/b8-5+. The highest BCUT2D eigenvalue weighted by atomic mass is 35.5. The zero-order chi connectivity index (χ0) is 26.5. The fraction of sp³-hybridized carbons (Fsp3) is 0.129. The lowest BCUT2D eigenvalue weighted by atomic mass is 9.98. The summed E-state index contributed by atoms with van der Waals surface area (Å²) in [6, 6.07) is 29.3. The Kier molecular flexibility index (Phi) is 7.87. The van der Waals surface area contributed by atoms with Crippen LogP contribution in [-0.2, 0) is 0 Å². The predicted octanol–water partition coefficient (Wildman–Crippen LogP) is 8.42. The first-order chi connectivity index (χ1) is 18.6. The van der Waals surface area contributed by atoms with Crippen molar-refractivity contribution in [3.63, 3.8) is 0 Å². The average molecular weight is 542 g/mol. The molecule has 0 aliphatic rings. The summed E-state index contributed by atoms with van der Waals surface area (Å²) >= 11 is 11.9. The molecule has 1 heterocycles. The molecule has 0 N–H and O–H groups in total. The van der Waals surface area contributed by atoms with Gasteiger partial charge < -0.3 is 4.90 Å². The lowest BCUT2D eigenvalue weighted by Crippen LogP contribution is -2.27. The van der Waals surface area contributed by atoms with E-state index in [1.807, 2.05) is 24.3 Å². The number of nitrogens with zero attached hydrogens (tertiary/aromatic N) is 3. The van der Waals surface area contributed by atoms with Crippen LogP contribution in [0, 0.1) is 10.1 Å². The number of fused-ring (bicyclic) bond motifs is 3. The van der Waals surface area contributed by atoms with E-state index in [2.05, 4.69) is 59.5 Å². The molecule has 0 aliphatic heterocycles. The van der Waals surface area contributed by atoms with Gasteiger partial charge in [-0.25, -0.2) is 4.98 Å². The zero-order valence-corrected chi connectivity index (χ0v) is 22.1. The molecular formula is C31H25Cl2N3O2. The molecule has 0 amide bonds. The van der Waals surface area contributed by atoms with Crippen LogP contribution in [0.25, 0.3) is 45.1 Å². The van der Waals surface area contributed by atoms with Gasteiger partial charge in [-0.05, 0) is 58.3 Å². The molecule has 1 aromatic heterocycles. The van der Waals surface area contributed by atoms with E-state index in [1.165, 1.54) is 12.1 Å². The number of nitro groups is 1. The van der Waals surface area contributed by atoms with Crippen LogP contribution in [0.1, 0.15) is 11.1 Å². The fourth-order valence-corrected chi connectivity index (χ4v) is 5.04. The Morgan fingerprint density at radius 1 is 0.842 bits per heavy atom. The van der Waals surface area contributed by atoms with Crippen LogP contribution in [-0.4, -0.2) is 34.8 Å². The molecule has 0 saturated heterocycles. The van der Waals surface area contributed by atoms with Crippen LogP contribution in [0.5, 0.6) is 0 Å². The van der Waals surface area contributed by atoms with Crippen LogP contribution in [0.3, 0.4) is 0 Å². The van der Waals surface area contributed by atoms with Crippen molar-refractivity contribution in [1.29, 1.82) is 0 Å². The Morgan fingerprint density at radius 3 is 2.24 bits per heavy atom. The fourth-order valence-electron chi connectivity index (χ4n) is 4.63. The van der Waals surface area contributed by atoms with Gasteiger partial charge in [-0.2, -0.15) is 0 Å². The third kappa shape index (κ3) is 5.49. The van der Waals surface area contributed by atoms with Crippen molar-refractivity contribution in [2.75, 3.05) is 29.7 Å². The molecule has 5 aromatic rings. The van der Waals surface area contributed by atoms with E-state index in [0.29, 0.717) is 11.8 Å². The summed E-state index contributed by atoms with van der Waals surface area (Å²) in [7, 11) is 0. The maximum atomic E-state index is 11.1. The molecule has 190 valence electrons. The number of halogens is 2. The summed E-state index contributed by atoms with van der Waals surface area (Å²) in [5, 5.41) is 14.4. The number of anilines is 1. The number of rotatable bonds is 9. The van der Waals surface area contributed by atoms with Gasteiger partial charge in [-0.1, -0.05) is 54.6 Å². The number of benzene rings is 4. The van der Waals surface area contributed by atoms with Crippen molar-refractivity contribution in [2.24, 2.45) is 0 Å². The second-order valence-corrected chi connectivity index (χ2v) is 9.63. The highest BCUT2D eigenvalue weighted by Gasteiger charge is 2.12. The van der Waals surface area contributed by atoms with Gasteiger partial charge in [-0.3, -0.25) is 10.1 Å². The molecule has 0 bridgehead atoms. The van der Waals surface area contributed by atoms with Gasteiger partial charge in [0.25, 0.3) is 5.69 Å². The Bertz CT molecular complexity index is 1610. The van der Waals surface area contributed by atoms with E-state index in [0.717, 1.165) is 62.8 Å². The topological polar surface area (TPSA) is 59.3 Å². The van der Waals surface area contributed by atoms with Crippen molar-refractivity contribution in [3.05, 3.63) is 112 Å². The van der Waals surface area contributed by atoms with E-state index in [-0.39, 0.29) is 5.69 Å². The number of pyridine rings is 1. The molecule has 0 unspecified atom stereocenters. The molecule has 0 spiro atoms.